The van der Waals surface area contributed by atoms with Crippen LogP contribution in [0.25, 0.3) is 0 Å². The molecule has 0 spiro atoms. The van der Waals surface area contributed by atoms with Crippen LogP contribution in [0.15, 0.2) is 23.1 Å². The lowest BCUT2D eigenvalue weighted by Crippen LogP contribution is -2.28. The van der Waals surface area contributed by atoms with Crippen LogP contribution in [0.5, 0.6) is 0 Å². The summed E-state index contributed by atoms with van der Waals surface area (Å²) in [4.78, 5) is 11.0. The first-order valence-corrected chi connectivity index (χ1v) is 4.62. The van der Waals surface area contributed by atoms with Gasteiger partial charge in [-0.1, -0.05) is 15.9 Å². The lowest BCUT2D eigenvalue weighted by molar-refractivity contribution is 0.172. The molecule has 1 N–H and O–H groups in total. The second-order valence-electron chi connectivity index (χ2n) is 2.35. The molecule has 0 aromatic carbocycles. The molecule has 0 radical (unpaired) electrons. The Bertz CT molecular complexity index is 299. The summed E-state index contributed by atoms with van der Waals surface area (Å²) in [6, 6.07) is 2.98. The van der Waals surface area contributed by atoms with Crippen LogP contribution < -0.4 is 5.56 Å². The van der Waals surface area contributed by atoms with E-state index in [0.717, 1.165) is 0 Å². The van der Waals surface area contributed by atoms with Crippen LogP contribution in [-0.2, 0) is 6.54 Å². The van der Waals surface area contributed by atoms with Gasteiger partial charge in [-0.3, -0.25) is 4.79 Å². The molecule has 1 rings (SSSR count). The van der Waals surface area contributed by atoms with Crippen LogP contribution >= 0.6 is 15.9 Å². The molecule has 66 valence electrons. The van der Waals surface area contributed by atoms with Crippen molar-refractivity contribution in [1.29, 1.82) is 0 Å². The minimum Gasteiger partial charge on any atom is -0.390 e. The van der Waals surface area contributed by atoms with Crippen molar-refractivity contribution in [3.63, 3.8) is 0 Å². The van der Waals surface area contributed by atoms with E-state index in [1.807, 2.05) is 0 Å². The van der Waals surface area contributed by atoms with Crippen molar-refractivity contribution in [2.75, 3.05) is 5.33 Å². The Labute approximate surface area is 78.0 Å². The minimum absolute atomic E-state index is 0.197. The van der Waals surface area contributed by atoms with Gasteiger partial charge in [-0.2, -0.15) is 5.10 Å². The predicted octanol–water partition coefficient (Wildman–Crippen LogP) is -0.000900. The Kier molecular flexibility index (Phi) is 3.43. The van der Waals surface area contributed by atoms with Crippen molar-refractivity contribution in [2.24, 2.45) is 0 Å². The average molecular weight is 233 g/mol. The maximum Gasteiger partial charge on any atom is 0.266 e. The number of aliphatic hydroxyl groups is 1. The van der Waals surface area contributed by atoms with Crippen molar-refractivity contribution in [3.05, 3.63) is 28.7 Å². The number of rotatable bonds is 3. The third-order valence-corrected chi connectivity index (χ3v) is 2.09. The largest absolute Gasteiger partial charge is 0.390 e. The second-order valence-corrected chi connectivity index (χ2v) is 3.00. The number of nitrogens with zero attached hydrogens (tertiary/aromatic N) is 2. The molecule has 1 aromatic heterocycles. The monoisotopic (exact) mass is 232 g/mol. The number of alkyl halides is 1. The average Bonchev–Trinajstić information content (AvgIpc) is 2.09. The zero-order valence-corrected chi connectivity index (χ0v) is 7.94. The normalized spacial score (nSPS) is 12.8. The molecule has 1 atom stereocenters. The van der Waals surface area contributed by atoms with Crippen LogP contribution in [0, 0.1) is 0 Å². The molecule has 0 fully saturated rings. The van der Waals surface area contributed by atoms with Gasteiger partial charge in [0, 0.05) is 17.6 Å². The number of hydrogen-bond acceptors (Lipinski definition) is 3. The summed E-state index contributed by atoms with van der Waals surface area (Å²) in [6.07, 6.45) is 0.945. The predicted molar refractivity (Wildman–Crippen MR) is 48.3 cm³/mol. The standard InChI is InChI=1S/C7H9BrN2O2/c8-4-6(11)5-10-7(12)2-1-3-9-10/h1-3,6,11H,4-5H2. The molecule has 4 nitrogen and oxygen atoms in total. The Morgan fingerprint density at radius 2 is 2.50 bits per heavy atom. The Balaban J connectivity index is 2.76. The molecule has 0 aliphatic heterocycles. The van der Waals surface area contributed by atoms with Gasteiger partial charge in [0.1, 0.15) is 0 Å². The second kappa shape index (κ2) is 4.37. The van der Waals surface area contributed by atoms with Gasteiger partial charge in [-0.25, -0.2) is 4.68 Å². The smallest absolute Gasteiger partial charge is 0.266 e. The van der Waals surface area contributed by atoms with E-state index >= 15 is 0 Å². The number of hydrogen-bond donors (Lipinski definition) is 1. The maximum atomic E-state index is 11.0. The van der Waals surface area contributed by atoms with Crippen LogP contribution in [0.1, 0.15) is 0 Å². The summed E-state index contributed by atoms with van der Waals surface area (Å²) in [5.74, 6) is 0. The summed E-state index contributed by atoms with van der Waals surface area (Å²) in [5, 5.41) is 13.4. The van der Waals surface area contributed by atoms with E-state index in [1.165, 1.54) is 16.9 Å². The number of aliphatic hydroxyl groups excluding tert-OH is 1. The van der Waals surface area contributed by atoms with Gasteiger partial charge < -0.3 is 5.11 Å². The van der Waals surface area contributed by atoms with Gasteiger partial charge >= 0.3 is 0 Å². The van der Waals surface area contributed by atoms with E-state index in [-0.39, 0.29) is 12.1 Å². The molecule has 12 heavy (non-hydrogen) atoms. The molecule has 1 heterocycles. The first-order chi connectivity index (χ1) is 5.74. The van der Waals surface area contributed by atoms with Crippen molar-refractivity contribution in [2.45, 2.75) is 12.6 Å². The molecule has 0 saturated heterocycles. The van der Waals surface area contributed by atoms with Crippen molar-refractivity contribution < 1.29 is 5.11 Å². The minimum atomic E-state index is -0.572. The third kappa shape index (κ3) is 2.42. The highest BCUT2D eigenvalue weighted by molar-refractivity contribution is 9.09. The first kappa shape index (κ1) is 9.41. The van der Waals surface area contributed by atoms with Gasteiger partial charge in [-0.15, -0.1) is 0 Å². The summed E-state index contributed by atoms with van der Waals surface area (Å²) in [6.45, 7) is 0.227. The van der Waals surface area contributed by atoms with Crippen LogP contribution in [0.2, 0.25) is 0 Å². The Hall–Kier alpha value is -0.680. The molecule has 0 aliphatic rings. The van der Waals surface area contributed by atoms with E-state index in [1.54, 1.807) is 6.07 Å². The summed E-state index contributed by atoms with van der Waals surface area (Å²) in [7, 11) is 0. The van der Waals surface area contributed by atoms with E-state index in [2.05, 4.69) is 21.0 Å². The van der Waals surface area contributed by atoms with Gasteiger partial charge in [0.05, 0.1) is 12.6 Å². The highest BCUT2D eigenvalue weighted by Gasteiger charge is 2.03. The van der Waals surface area contributed by atoms with Crippen molar-refractivity contribution in [3.8, 4) is 0 Å². The number of halogens is 1. The Morgan fingerprint density at radius 3 is 3.08 bits per heavy atom. The molecule has 5 heteroatoms. The third-order valence-electron chi connectivity index (χ3n) is 1.35. The summed E-state index contributed by atoms with van der Waals surface area (Å²) in [5.41, 5.74) is -0.197. The fraction of sp³-hybridized carbons (Fsp3) is 0.429. The van der Waals surface area contributed by atoms with Gasteiger partial charge in [0.15, 0.2) is 0 Å². The molecule has 1 aromatic rings. The Morgan fingerprint density at radius 1 is 1.75 bits per heavy atom. The number of aromatic nitrogens is 2. The topological polar surface area (TPSA) is 55.1 Å². The van der Waals surface area contributed by atoms with Gasteiger partial charge in [0.2, 0.25) is 0 Å². The van der Waals surface area contributed by atoms with Gasteiger partial charge in [0.25, 0.3) is 5.56 Å². The molecular weight excluding hydrogens is 224 g/mol. The summed E-state index contributed by atoms with van der Waals surface area (Å²) >= 11 is 3.10. The fourth-order valence-corrected chi connectivity index (χ4v) is 0.978. The van der Waals surface area contributed by atoms with Crippen LogP contribution in [-0.4, -0.2) is 26.3 Å². The molecule has 0 bridgehead atoms. The van der Waals surface area contributed by atoms with E-state index in [0.29, 0.717) is 5.33 Å². The van der Waals surface area contributed by atoms with Crippen LogP contribution in [0.3, 0.4) is 0 Å². The quantitative estimate of drug-likeness (QED) is 0.747. The zero-order chi connectivity index (χ0) is 8.97. The van der Waals surface area contributed by atoms with Crippen LogP contribution in [0.4, 0.5) is 0 Å². The highest BCUT2D eigenvalue weighted by atomic mass is 79.9. The zero-order valence-electron chi connectivity index (χ0n) is 6.35. The highest BCUT2D eigenvalue weighted by Crippen LogP contribution is 1.91. The fourth-order valence-electron chi connectivity index (χ4n) is 0.773. The molecule has 0 saturated carbocycles. The molecular formula is C7H9BrN2O2. The van der Waals surface area contributed by atoms with E-state index < -0.39 is 6.10 Å². The molecule has 1 unspecified atom stereocenters. The van der Waals surface area contributed by atoms with E-state index in [9.17, 15) is 9.90 Å². The van der Waals surface area contributed by atoms with Crippen molar-refractivity contribution >= 4 is 15.9 Å². The molecule has 0 aliphatic carbocycles. The summed E-state index contributed by atoms with van der Waals surface area (Å²) < 4.78 is 1.23. The molecule has 0 amide bonds. The van der Waals surface area contributed by atoms with Crippen molar-refractivity contribution in [1.82, 2.24) is 9.78 Å². The SMILES string of the molecule is O=c1cccnn1CC(O)CBr. The lowest BCUT2D eigenvalue weighted by atomic mass is 10.4. The van der Waals surface area contributed by atoms with Gasteiger partial charge in [-0.05, 0) is 6.07 Å². The first-order valence-electron chi connectivity index (χ1n) is 3.50. The maximum absolute atomic E-state index is 11.0. The lowest BCUT2D eigenvalue weighted by Gasteiger charge is -2.06. The van der Waals surface area contributed by atoms with E-state index in [4.69, 9.17) is 0 Å².